The van der Waals surface area contributed by atoms with Crippen LogP contribution in [-0.2, 0) is 0 Å². The number of aliphatic hydroxyl groups is 3. The number of anilines is 3. The van der Waals surface area contributed by atoms with Crippen molar-refractivity contribution in [3.8, 4) is 22.3 Å². The fourth-order valence-electron chi connectivity index (χ4n) is 8.46. The molecule has 0 amide bonds. The molecule has 15 heteroatoms. The van der Waals surface area contributed by atoms with Gasteiger partial charge in [-0.05, 0) is 54.2 Å². The molecule has 12 nitrogen and oxygen atoms in total. The number of thiophene rings is 3. The first-order valence-electron chi connectivity index (χ1n) is 20.8. The smallest absolute Gasteiger partial charge is 0.141 e. The normalized spacial score (nSPS) is 17.0. The predicted octanol–water partition coefficient (Wildman–Crippen LogP) is 8.17. The first-order valence-corrected chi connectivity index (χ1v) is 23.5. The number of rotatable bonds is 8. The van der Waals surface area contributed by atoms with E-state index in [1.165, 1.54) is 33.2 Å². The van der Waals surface area contributed by atoms with Gasteiger partial charge in [-0.1, -0.05) is 60.7 Å². The third kappa shape index (κ3) is 8.68. The van der Waals surface area contributed by atoms with Gasteiger partial charge in [-0.2, -0.15) is 0 Å². The second-order valence-electron chi connectivity index (χ2n) is 15.9. The highest BCUT2D eigenvalue weighted by Crippen LogP contribution is 2.41. The van der Waals surface area contributed by atoms with Gasteiger partial charge in [0.1, 0.15) is 50.9 Å². The molecule has 0 spiro atoms. The van der Waals surface area contributed by atoms with E-state index >= 15 is 0 Å². The predicted molar refractivity (Wildman–Crippen MR) is 250 cm³/mol. The number of piperidine rings is 1. The summed E-state index contributed by atoms with van der Waals surface area (Å²) in [6.07, 6.45) is 8.05. The number of aryl methyl sites for hydroxylation is 1. The second-order valence-corrected chi connectivity index (χ2v) is 18.5. The number of aliphatic hydroxyl groups excluding tert-OH is 3. The van der Waals surface area contributed by atoms with E-state index < -0.39 is 0 Å². The maximum absolute atomic E-state index is 9.38. The van der Waals surface area contributed by atoms with Crippen LogP contribution in [0.2, 0.25) is 0 Å². The Morgan fingerprint density at radius 3 is 1.43 bits per heavy atom. The number of nitrogens with zero attached hydrogens (tertiary/aromatic N) is 9. The summed E-state index contributed by atoms with van der Waals surface area (Å²) in [5.74, 6) is 4.24. The lowest BCUT2D eigenvalue weighted by Gasteiger charge is -2.39. The van der Waals surface area contributed by atoms with Crippen LogP contribution in [0.3, 0.4) is 0 Å². The molecule has 11 rings (SSSR count). The van der Waals surface area contributed by atoms with Gasteiger partial charge < -0.3 is 30.0 Å². The number of fused-ring (bicyclic) bond motifs is 3. The fraction of sp³-hybridized carbons (Fsp3) is 0.348. The Balaban J connectivity index is 0.000000118. The maximum Gasteiger partial charge on any atom is 0.141 e. The molecule has 3 saturated heterocycles. The van der Waals surface area contributed by atoms with Crippen molar-refractivity contribution in [2.75, 3.05) is 73.8 Å². The Bertz CT molecular complexity index is 2680. The third-order valence-electron chi connectivity index (χ3n) is 11.9. The van der Waals surface area contributed by atoms with Gasteiger partial charge in [-0.25, -0.2) is 29.9 Å². The van der Waals surface area contributed by atoms with Crippen molar-refractivity contribution in [3.05, 3.63) is 101 Å². The summed E-state index contributed by atoms with van der Waals surface area (Å²) >= 11 is 4.99. The molecule has 9 heterocycles. The largest absolute Gasteiger partial charge is 0.396 e. The lowest BCUT2D eigenvalue weighted by Crippen LogP contribution is -2.48. The molecule has 3 aliphatic rings. The van der Waals surface area contributed by atoms with Gasteiger partial charge in [-0.15, -0.1) is 34.0 Å². The van der Waals surface area contributed by atoms with Crippen LogP contribution in [0.1, 0.15) is 24.8 Å². The molecule has 0 saturated carbocycles. The number of hydrogen-bond acceptors (Lipinski definition) is 15. The minimum atomic E-state index is 0.250. The Kier molecular flexibility index (Phi) is 12.7. The zero-order chi connectivity index (χ0) is 41.7. The minimum absolute atomic E-state index is 0.250. The van der Waals surface area contributed by atoms with Crippen LogP contribution < -0.4 is 14.7 Å². The topological polar surface area (TPSA) is 148 Å². The first kappa shape index (κ1) is 41.2. The number of hydrogen-bond donors (Lipinski definition) is 3. The summed E-state index contributed by atoms with van der Waals surface area (Å²) in [5.41, 5.74) is 6.04. The highest BCUT2D eigenvalue weighted by molar-refractivity contribution is 7.18. The molecule has 2 aromatic carbocycles. The summed E-state index contributed by atoms with van der Waals surface area (Å²) in [5, 5.41) is 37.7. The van der Waals surface area contributed by atoms with Gasteiger partial charge in [0, 0.05) is 92.8 Å². The molecule has 314 valence electrons. The number of aromatic nitrogens is 6. The third-order valence-corrected chi connectivity index (χ3v) is 14.7. The molecule has 8 aromatic rings. The summed E-state index contributed by atoms with van der Waals surface area (Å²) in [6, 6.07) is 20.7. The van der Waals surface area contributed by atoms with Crippen LogP contribution in [0.4, 0.5) is 17.5 Å². The van der Waals surface area contributed by atoms with Crippen LogP contribution in [-0.4, -0.2) is 104 Å². The Hall–Kier alpha value is -5.16. The zero-order valence-corrected chi connectivity index (χ0v) is 36.5. The van der Waals surface area contributed by atoms with Gasteiger partial charge in [0.2, 0.25) is 0 Å². The lowest BCUT2D eigenvalue weighted by molar-refractivity contribution is 0.200. The fourth-order valence-corrected chi connectivity index (χ4v) is 11.2. The molecular formula is C46H49N9O3S3. The molecule has 6 aromatic heterocycles. The van der Waals surface area contributed by atoms with Crippen molar-refractivity contribution < 1.29 is 15.3 Å². The van der Waals surface area contributed by atoms with Gasteiger partial charge in [-0.3, -0.25) is 0 Å². The van der Waals surface area contributed by atoms with Gasteiger partial charge in [0.15, 0.2) is 0 Å². The minimum Gasteiger partial charge on any atom is -0.396 e. The second kappa shape index (κ2) is 18.8. The van der Waals surface area contributed by atoms with Crippen molar-refractivity contribution in [2.45, 2.75) is 26.2 Å². The van der Waals surface area contributed by atoms with E-state index in [2.05, 4.69) is 104 Å². The van der Waals surface area contributed by atoms with Crippen molar-refractivity contribution in [2.24, 2.45) is 17.8 Å². The molecule has 3 N–H and O–H groups in total. The van der Waals surface area contributed by atoms with Crippen LogP contribution in [0.25, 0.3) is 52.9 Å². The van der Waals surface area contributed by atoms with E-state index in [0.29, 0.717) is 24.4 Å². The first-order chi connectivity index (χ1) is 30.0. The van der Waals surface area contributed by atoms with E-state index in [1.807, 2.05) is 24.3 Å². The Morgan fingerprint density at radius 1 is 0.492 bits per heavy atom. The van der Waals surface area contributed by atoms with E-state index in [-0.39, 0.29) is 13.2 Å². The summed E-state index contributed by atoms with van der Waals surface area (Å²) in [4.78, 5) is 36.6. The maximum atomic E-state index is 9.38. The summed E-state index contributed by atoms with van der Waals surface area (Å²) in [6.45, 7) is 8.43. The molecule has 1 atom stereocenters. The summed E-state index contributed by atoms with van der Waals surface area (Å²) in [7, 11) is 0. The quantitative estimate of drug-likeness (QED) is 0.135. The monoisotopic (exact) mass is 871 g/mol. The Labute approximate surface area is 366 Å². The van der Waals surface area contributed by atoms with Gasteiger partial charge in [0.25, 0.3) is 0 Å². The standard InChI is InChI=1S/C17H17N3OS.C16H15N3OS.C13H17N3OS/c21-9-12-6-7-20(8-12)16-15-14(13-4-2-1-3-5-13)10-22-17(15)19-11-18-16;20-8-11-6-19(7-11)15-14-13(12-4-2-1-3-5-12)9-21-16(14)18-10-17-15;1-9-7-18-13-11(9)12(14-8-15-13)16-4-2-10(6-17)3-5-16/h1-5,10-12,21H,6-9H2;1-5,9-11,20H,6-8H2;7-8,10,17H,2-6H2,1H3. The molecule has 0 bridgehead atoms. The average molecular weight is 872 g/mol. The highest BCUT2D eigenvalue weighted by atomic mass is 32.1. The zero-order valence-electron chi connectivity index (χ0n) is 34.0. The van der Waals surface area contributed by atoms with E-state index in [4.69, 9.17) is 0 Å². The van der Waals surface area contributed by atoms with Crippen molar-refractivity contribution in [3.63, 3.8) is 0 Å². The van der Waals surface area contributed by atoms with Crippen LogP contribution in [0.5, 0.6) is 0 Å². The van der Waals surface area contributed by atoms with E-state index in [0.717, 1.165) is 101 Å². The van der Waals surface area contributed by atoms with Crippen molar-refractivity contribution in [1.82, 2.24) is 29.9 Å². The van der Waals surface area contributed by atoms with Crippen LogP contribution in [0.15, 0.2) is 95.8 Å². The van der Waals surface area contributed by atoms with Crippen LogP contribution in [0, 0.1) is 24.7 Å². The molecule has 61 heavy (non-hydrogen) atoms. The average Bonchev–Trinajstić information content (AvgIpc) is 4.14. The summed E-state index contributed by atoms with van der Waals surface area (Å²) < 4.78 is 0. The molecule has 3 fully saturated rings. The highest BCUT2D eigenvalue weighted by Gasteiger charge is 2.30. The molecule has 0 radical (unpaired) electrons. The molecule has 3 aliphatic heterocycles. The molecular weight excluding hydrogens is 823 g/mol. The number of benzene rings is 2. The van der Waals surface area contributed by atoms with Gasteiger partial charge in [0.05, 0.1) is 16.2 Å². The lowest BCUT2D eigenvalue weighted by atomic mass is 9.98. The van der Waals surface area contributed by atoms with Gasteiger partial charge >= 0.3 is 0 Å². The van der Waals surface area contributed by atoms with Crippen LogP contribution >= 0.6 is 34.0 Å². The molecule has 1 unspecified atom stereocenters. The van der Waals surface area contributed by atoms with Crippen molar-refractivity contribution in [1.29, 1.82) is 0 Å². The van der Waals surface area contributed by atoms with E-state index in [9.17, 15) is 15.3 Å². The van der Waals surface area contributed by atoms with E-state index in [1.54, 1.807) is 53.0 Å². The van der Waals surface area contributed by atoms with Crippen molar-refractivity contribution >= 4 is 82.1 Å². The SMILES string of the molecule is Cc1csc2ncnc(N3CCC(CO)CC3)c12.OCC1CCN(c2ncnc3scc(-c4ccccc4)c23)C1.OCC1CN(c2ncnc3scc(-c4ccccc4)c23)C1. The molecule has 0 aliphatic carbocycles. The Morgan fingerprint density at radius 2 is 0.918 bits per heavy atom.